The number of nitrogens with zero attached hydrogens (tertiary/aromatic N) is 2. The molecule has 0 aromatic carbocycles. The van der Waals surface area contributed by atoms with E-state index in [2.05, 4.69) is 35.9 Å². The van der Waals surface area contributed by atoms with Crippen molar-refractivity contribution in [1.29, 1.82) is 0 Å². The van der Waals surface area contributed by atoms with Crippen LogP contribution in [-0.4, -0.2) is 73.1 Å². The number of hydrogen-bond donors (Lipinski definition) is 1. The van der Waals surface area contributed by atoms with E-state index in [9.17, 15) is 9.59 Å². The van der Waals surface area contributed by atoms with Crippen molar-refractivity contribution in [2.75, 3.05) is 45.8 Å². The van der Waals surface area contributed by atoms with Gasteiger partial charge in [-0.2, -0.15) is 0 Å². The fourth-order valence-electron chi connectivity index (χ4n) is 5.28. The predicted molar refractivity (Wildman–Crippen MR) is 110 cm³/mol. The lowest BCUT2D eigenvalue weighted by Gasteiger charge is -2.39. The molecule has 2 saturated heterocycles. The minimum Gasteiger partial charge on any atom is -0.450 e. The number of nitrogens with one attached hydrogen (secondary N) is 1. The van der Waals surface area contributed by atoms with Crippen LogP contribution >= 0.6 is 0 Å². The number of piperidine rings is 2. The summed E-state index contributed by atoms with van der Waals surface area (Å²) >= 11 is 0. The van der Waals surface area contributed by atoms with Gasteiger partial charge in [0.25, 0.3) is 5.91 Å². The van der Waals surface area contributed by atoms with Crippen molar-refractivity contribution in [3.63, 3.8) is 0 Å². The van der Waals surface area contributed by atoms with Crippen LogP contribution in [0, 0.1) is 11.8 Å². The van der Waals surface area contributed by atoms with E-state index in [1.807, 2.05) is 0 Å². The highest BCUT2D eigenvalue weighted by molar-refractivity contribution is 6.07. The van der Waals surface area contributed by atoms with Gasteiger partial charge < -0.3 is 19.9 Å². The van der Waals surface area contributed by atoms with E-state index in [0.29, 0.717) is 30.5 Å². The van der Waals surface area contributed by atoms with Gasteiger partial charge in [0, 0.05) is 51.1 Å². The summed E-state index contributed by atoms with van der Waals surface area (Å²) in [7, 11) is 0. The van der Waals surface area contributed by atoms with E-state index in [0.717, 1.165) is 57.5 Å². The van der Waals surface area contributed by atoms with E-state index in [4.69, 9.17) is 4.74 Å². The Balaban J connectivity index is 1.53. The quantitative estimate of drug-likeness (QED) is 0.556. The first-order valence-electron chi connectivity index (χ1n) is 11.0. The molecule has 1 N–H and O–H groups in total. The van der Waals surface area contributed by atoms with Gasteiger partial charge >= 0.3 is 5.97 Å². The summed E-state index contributed by atoms with van der Waals surface area (Å²) in [6.07, 6.45) is 3.65. The van der Waals surface area contributed by atoms with Crippen LogP contribution in [0.5, 0.6) is 0 Å². The summed E-state index contributed by atoms with van der Waals surface area (Å²) in [5.74, 6) is 1.06. The summed E-state index contributed by atoms with van der Waals surface area (Å²) in [5.41, 5.74) is 0.351. The molecule has 0 aromatic heterocycles. The molecule has 28 heavy (non-hydrogen) atoms. The van der Waals surface area contributed by atoms with Gasteiger partial charge in [-0.3, -0.25) is 4.79 Å². The molecule has 1 spiro atoms. The molecular weight excluding hydrogens is 354 g/mol. The molecule has 2 atom stereocenters. The predicted octanol–water partition coefficient (Wildman–Crippen LogP) is 2.20. The van der Waals surface area contributed by atoms with Crippen LogP contribution in [0.15, 0.2) is 11.1 Å². The molecule has 2 fully saturated rings. The fourth-order valence-corrected chi connectivity index (χ4v) is 5.28. The topological polar surface area (TPSA) is 61.9 Å². The van der Waals surface area contributed by atoms with E-state index < -0.39 is 5.60 Å². The van der Waals surface area contributed by atoms with Crippen molar-refractivity contribution in [3.8, 4) is 0 Å². The smallest absolute Gasteiger partial charge is 0.335 e. The highest BCUT2D eigenvalue weighted by Gasteiger charge is 2.50. The van der Waals surface area contributed by atoms with Gasteiger partial charge in [0.2, 0.25) is 0 Å². The number of hydrogen-bond acceptors (Lipinski definition) is 5. The van der Waals surface area contributed by atoms with Gasteiger partial charge in [-0.15, -0.1) is 0 Å². The van der Waals surface area contributed by atoms with Crippen LogP contribution in [0.3, 0.4) is 0 Å². The molecule has 0 unspecified atom stereocenters. The van der Waals surface area contributed by atoms with Crippen molar-refractivity contribution in [2.45, 2.75) is 59.0 Å². The fraction of sp³-hybridized carbons (Fsp3) is 0.818. The van der Waals surface area contributed by atoms with Gasteiger partial charge in [0.1, 0.15) is 5.60 Å². The van der Waals surface area contributed by atoms with Crippen LogP contribution in [0.4, 0.5) is 0 Å². The van der Waals surface area contributed by atoms with Crippen molar-refractivity contribution in [3.05, 3.63) is 11.1 Å². The molecule has 0 bridgehead atoms. The van der Waals surface area contributed by atoms with Crippen LogP contribution in [-0.2, 0) is 14.3 Å². The number of amides is 1. The number of ether oxygens (including phenoxy) is 1. The molecule has 0 aliphatic carbocycles. The molecule has 158 valence electrons. The summed E-state index contributed by atoms with van der Waals surface area (Å²) in [4.78, 5) is 30.0. The average molecular weight is 392 g/mol. The van der Waals surface area contributed by atoms with Crippen molar-refractivity contribution >= 4 is 11.9 Å². The number of carbonyl (C=O) groups is 2. The molecule has 0 aromatic rings. The van der Waals surface area contributed by atoms with E-state index in [1.54, 1.807) is 6.92 Å². The molecule has 3 aliphatic heterocycles. The van der Waals surface area contributed by atoms with Gasteiger partial charge in [-0.1, -0.05) is 20.8 Å². The maximum atomic E-state index is 13.0. The third-order valence-corrected chi connectivity index (χ3v) is 6.64. The molecular formula is C22H37N3O3. The molecule has 0 radical (unpaired) electrons. The Hall–Kier alpha value is -1.40. The first-order valence-corrected chi connectivity index (χ1v) is 11.0. The Morgan fingerprint density at radius 2 is 1.82 bits per heavy atom. The summed E-state index contributed by atoms with van der Waals surface area (Å²) < 4.78 is 5.74. The van der Waals surface area contributed by atoms with Gasteiger partial charge in [0.05, 0.1) is 5.57 Å². The Bertz CT molecular complexity index is 613. The SMILES string of the molecule is CCN1CCC2(CC1)OC(=O)C(C)=C2C(=O)NCCCN1C[C@H](C)C[C@H](C)C1. The molecule has 6 nitrogen and oxygen atoms in total. The second-order valence-electron chi connectivity index (χ2n) is 9.13. The normalized spacial score (nSPS) is 28.6. The lowest BCUT2D eigenvalue weighted by molar-refractivity contribution is -0.150. The Morgan fingerprint density at radius 1 is 1.18 bits per heavy atom. The summed E-state index contributed by atoms with van der Waals surface area (Å²) in [6, 6.07) is 0. The monoisotopic (exact) mass is 391 g/mol. The third kappa shape index (κ3) is 4.60. The highest BCUT2D eigenvalue weighted by atomic mass is 16.6. The van der Waals surface area contributed by atoms with Crippen LogP contribution in [0.25, 0.3) is 0 Å². The zero-order valence-corrected chi connectivity index (χ0v) is 18.1. The molecule has 1 amide bonds. The number of esters is 1. The molecule has 3 aliphatic rings. The van der Waals surface area contributed by atoms with Gasteiger partial charge in [0.15, 0.2) is 0 Å². The average Bonchev–Trinajstić information content (AvgIpc) is 2.88. The zero-order chi connectivity index (χ0) is 20.3. The largest absolute Gasteiger partial charge is 0.450 e. The van der Waals surface area contributed by atoms with Crippen molar-refractivity contribution in [2.24, 2.45) is 11.8 Å². The van der Waals surface area contributed by atoms with Gasteiger partial charge in [-0.25, -0.2) is 4.79 Å². The Morgan fingerprint density at radius 3 is 2.43 bits per heavy atom. The standard InChI is InChI=1S/C22H37N3O3/c1-5-24-11-7-22(8-12-24)19(18(4)21(27)28-22)20(26)23-9-6-10-25-14-16(2)13-17(3)15-25/h16-17H,5-15H2,1-4H3,(H,23,26)/t16-,17+. The van der Waals surface area contributed by atoms with Gasteiger partial charge in [-0.05, 0) is 44.7 Å². The first kappa shape index (κ1) is 21.3. The maximum Gasteiger partial charge on any atom is 0.335 e. The van der Waals surface area contributed by atoms with Crippen molar-refractivity contribution < 1.29 is 14.3 Å². The third-order valence-electron chi connectivity index (χ3n) is 6.64. The van der Waals surface area contributed by atoms with E-state index in [-0.39, 0.29) is 11.9 Å². The Kier molecular flexibility index (Phi) is 6.81. The number of carbonyl (C=O) groups excluding carboxylic acids is 2. The lowest BCUT2D eigenvalue weighted by atomic mass is 9.82. The minimum absolute atomic E-state index is 0.117. The summed E-state index contributed by atoms with van der Waals surface area (Å²) in [6.45, 7) is 15.2. The van der Waals surface area contributed by atoms with Crippen molar-refractivity contribution in [1.82, 2.24) is 15.1 Å². The second-order valence-corrected chi connectivity index (χ2v) is 9.13. The highest BCUT2D eigenvalue weighted by Crippen LogP contribution is 2.40. The van der Waals surface area contributed by atoms with Crippen LogP contribution in [0.1, 0.15) is 53.4 Å². The molecule has 6 heteroatoms. The summed E-state index contributed by atoms with van der Waals surface area (Å²) in [5, 5.41) is 3.07. The van der Waals surface area contributed by atoms with Crippen LogP contribution in [0.2, 0.25) is 0 Å². The zero-order valence-electron chi connectivity index (χ0n) is 18.1. The van der Waals surface area contributed by atoms with E-state index in [1.165, 1.54) is 6.42 Å². The Labute approximate surface area is 169 Å². The first-order chi connectivity index (χ1) is 13.3. The molecule has 3 rings (SSSR count). The molecule has 3 heterocycles. The van der Waals surface area contributed by atoms with E-state index >= 15 is 0 Å². The number of likely N-dealkylation sites (tertiary alicyclic amines) is 2. The maximum absolute atomic E-state index is 13.0. The number of rotatable bonds is 6. The molecule has 0 saturated carbocycles. The second kappa shape index (κ2) is 8.95. The van der Waals surface area contributed by atoms with Crippen LogP contribution < -0.4 is 5.32 Å². The minimum atomic E-state index is -0.714. The lowest BCUT2D eigenvalue weighted by Crippen LogP contribution is -2.48.